The number of fused-ring (bicyclic) bond motifs is 1. The Kier molecular flexibility index (Phi) is 1.53. The first kappa shape index (κ1) is 7.29. The molecule has 2 aliphatic rings. The molecule has 2 heterocycles. The van der Waals surface area contributed by atoms with Gasteiger partial charge in [0.2, 0.25) is 0 Å². The number of Topliss-reactive ketones (excluding diaryl/α,β-unsaturated/α-hetero) is 1. The molecule has 0 aromatic heterocycles. The molecular formula is C9H15NO. The van der Waals surface area contributed by atoms with Crippen LogP contribution < -0.4 is 0 Å². The van der Waals surface area contributed by atoms with Crippen molar-refractivity contribution in [2.24, 2.45) is 0 Å². The van der Waals surface area contributed by atoms with Crippen molar-refractivity contribution in [1.82, 2.24) is 4.90 Å². The monoisotopic (exact) mass is 153 g/mol. The van der Waals surface area contributed by atoms with Gasteiger partial charge in [-0.25, -0.2) is 0 Å². The molecule has 62 valence electrons. The number of hydrogen-bond donors (Lipinski definition) is 0. The molecule has 0 saturated carbocycles. The highest BCUT2D eigenvalue weighted by atomic mass is 16.1. The predicted molar refractivity (Wildman–Crippen MR) is 43.5 cm³/mol. The molecule has 0 aliphatic carbocycles. The lowest BCUT2D eigenvalue weighted by Crippen LogP contribution is -2.51. The van der Waals surface area contributed by atoms with Crippen LogP contribution in [-0.2, 0) is 4.79 Å². The van der Waals surface area contributed by atoms with Crippen molar-refractivity contribution in [3.05, 3.63) is 0 Å². The molecule has 1 atom stereocenters. The maximum Gasteiger partial charge on any atom is 0.152 e. The van der Waals surface area contributed by atoms with E-state index >= 15 is 0 Å². The van der Waals surface area contributed by atoms with Gasteiger partial charge in [-0.2, -0.15) is 0 Å². The molecule has 2 heteroatoms. The fraction of sp³-hybridized carbons (Fsp3) is 0.889. The number of piperidine rings is 1. The SMILES string of the molecule is C[C@]12CCCN1CCCC2=O. The van der Waals surface area contributed by atoms with Gasteiger partial charge >= 0.3 is 0 Å². The van der Waals surface area contributed by atoms with E-state index in [1.807, 2.05) is 0 Å². The second-order valence-corrected chi connectivity index (χ2v) is 3.89. The van der Waals surface area contributed by atoms with E-state index in [4.69, 9.17) is 0 Å². The maximum absolute atomic E-state index is 11.6. The zero-order valence-corrected chi connectivity index (χ0v) is 7.10. The molecule has 0 aromatic rings. The lowest BCUT2D eigenvalue weighted by atomic mass is 9.87. The van der Waals surface area contributed by atoms with E-state index < -0.39 is 0 Å². The highest BCUT2D eigenvalue weighted by molar-refractivity contribution is 5.89. The second-order valence-electron chi connectivity index (χ2n) is 3.89. The Morgan fingerprint density at radius 3 is 2.82 bits per heavy atom. The Bertz CT molecular complexity index is 190. The van der Waals surface area contributed by atoms with Crippen LogP contribution in [0.1, 0.15) is 32.6 Å². The van der Waals surface area contributed by atoms with Gasteiger partial charge in [-0.15, -0.1) is 0 Å². The molecule has 0 N–H and O–H groups in total. The molecule has 0 aromatic carbocycles. The van der Waals surface area contributed by atoms with Crippen LogP contribution in [0.4, 0.5) is 0 Å². The zero-order valence-electron chi connectivity index (χ0n) is 7.10. The Balaban J connectivity index is 2.24. The van der Waals surface area contributed by atoms with Gasteiger partial charge in [-0.05, 0) is 39.3 Å². The highest BCUT2D eigenvalue weighted by Gasteiger charge is 2.44. The lowest BCUT2D eigenvalue weighted by Gasteiger charge is -2.37. The summed E-state index contributed by atoms with van der Waals surface area (Å²) >= 11 is 0. The predicted octanol–water partition coefficient (Wildman–Crippen LogP) is 1.20. The van der Waals surface area contributed by atoms with Gasteiger partial charge in [0.05, 0.1) is 5.54 Å². The van der Waals surface area contributed by atoms with Crippen LogP contribution in [-0.4, -0.2) is 29.3 Å². The standard InChI is InChI=1S/C9H15NO/c1-9-5-3-7-10(9)6-2-4-8(9)11/h2-7H2,1H3/t9-/m1/s1. The van der Waals surface area contributed by atoms with Crippen molar-refractivity contribution in [2.75, 3.05) is 13.1 Å². The molecule has 2 fully saturated rings. The van der Waals surface area contributed by atoms with Crippen LogP contribution >= 0.6 is 0 Å². The number of carbonyl (C=O) groups is 1. The van der Waals surface area contributed by atoms with Crippen molar-refractivity contribution in [2.45, 2.75) is 38.1 Å². The minimum Gasteiger partial charge on any atom is -0.298 e. The summed E-state index contributed by atoms with van der Waals surface area (Å²) in [6.07, 6.45) is 4.19. The van der Waals surface area contributed by atoms with Crippen LogP contribution in [0.3, 0.4) is 0 Å². The third-order valence-electron chi connectivity index (χ3n) is 3.22. The first-order valence-electron chi connectivity index (χ1n) is 4.52. The molecule has 0 radical (unpaired) electrons. The van der Waals surface area contributed by atoms with E-state index in [9.17, 15) is 4.79 Å². The zero-order chi connectivity index (χ0) is 7.90. The smallest absolute Gasteiger partial charge is 0.152 e. The summed E-state index contributed by atoms with van der Waals surface area (Å²) in [4.78, 5) is 13.9. The summed E-state index contributed by atoms with van der Waals surface area (Å²) in [5.74, 6) is 0.473. The molecule has 0 spiro atoms. The van der Waals surface area contributed by atoms with E-state index in [0.717, 1.165) is 32.4 Å². The summed E-state index contributed by atoms with van der Waals surface area (Å²) in [5, 5.41) is 0. The molecule has 2 saturated heterocycles. The second kappa shape index (κ2) is 2.31. The first-order chi connectivity index (χ1) is 5.23. The Morgan fingerprint density at radius 1 is 1.36 bits per heavy atom. The van der Waals surface area contributed by atoms with Crippen LogP contribution in [0.15, 0.2) is 0 Å². The Morgan fingerprint density at radius 2 is 2.09 bits per heavy atom. The molecule has 2 aliphatic heterocycles. The number of ketones is 1. The quantitative estimate of drug-likeness (QED) is 0.521. The van der Waals surface area contributed by atoms with Gasteiger partial charge < -0.3 is 0 Å². The van der Waals surface area contributed by atoms with Crippen LogP contribution in [0.25, 0.3) is 0 Å². The molecule has 0 amide bonds. The normalized spacial score (nSPS) is 39.2. The molecular weight excluding hydrogens is 138 g/mol. The lowest BCUT2D eigenvalue weighted by molar-refractivity contribution is -0.131. The number of rotatable bonds is 0. The topological polar surface area (TPSA) is 20.3 Å². The van der Waals surface area contributed by atoms with Gasteiger partial charge in [-0.3, -0.25) is 9.69 Å². The summed E-state index contributed by atoms with van der Waals surface area (Å²) in [5.41, 5.74) is -0.0573. The van der Waals surface area contributed by atoms with Crippen molar-refractivity contribution in [3.63, 3.8) is 0 Å². The molecule has 2 rings (SSSR count). The summed E-state index contributed by atoms with van der Waals surface area (Å²) in [6.45, 7) is 4.39. The van der Waals surface area contributed by atoms with Crippen LogP contribution in [0.5, 0.6) is 0 Å². The van der Waals surface area contributed by atoms with E-state index in [1.165, 1.54) is 6.42 Å². The number of carbonyl (C=O) groups excluding carboxylic acids is 1. The average molecular weight is 153 g/mol. The summed E-state index contributed by atoms with van der Waals surface area (Å²) < 4.78 is 0. The fourth-order valence-electron chi connectivity index (χ4n) is 2.39. The molecule has 2 nitrogen and oxygen atoms in total. The van der Waals surface area contributed by atoms with E-state index in [-0.39, 0.29) is 5.54 Å². The molecule has 0 unspecified atom stereocenters. The van der Waals surface area contributed by atoms with Crippen molar-refractivity contribution < 1.29 is 4.79 Å². The molecule has 0 bridgehead atoms. The van der Waals surface area contributed by atoms with Gasteiger partial charge in [0.1, 0.15) is 0 Å². The van der Waals surface area contributed by atoms with Crippen molar-refractivity contribution >= 4 is 5.78 Å². The van der Waals surface area contributed by atoms with Gasteiger partial charge in [-0.1, -0.05) is 0 Å². The fourth-order valence-corrected chi connectivity index (χ4v) is 2.39. The van der Waals surface area contributed by atoms with Gasteiger partial charge in [0.25, 0.3) is 0 Å². The maximum atomic E-state index is 11.6. The minimum absolute atomic E-state index is 0.0573. The number of hydrogen-bond acceptors (Lipinski definition) is 2. The largest absolute Gasteiger partial charge is 0.298 e. The number of nitrogens with zero attached hydrogens (tertiary/aromatic N) is 1. The summed E-state index contributed by atoms with van der Waals surface area (Å²) in [6, 6.07) is 0. The Hall–Kier alpha value is -0.370. The van der Waals surface area contributed by atoms with Crippen molar-refractivity contribution in [3.8, 4) is 0 Å². The van der Waals surface area contributed by atoms with E-state index in [2.05, 4.69) is 11.8 Å². The van der Waals surface area contributed by atoms with Crippen LogP contribution in [0.2, 0.25) is 0 Å². The van der Waals surface area contributed by atoms with Crippen LogP contribution in [0, 0.1) is 0 Å². The van der Waals surface area contributed by atoms with Gasteiger partial charge in [0, 0.05) is 6.42 Å². The third kappa shape index (κ3) is 0.924. The van der Waals surface area contributed by atoms with E-state index in [0.29, 0.717) is 5.78 Å². The Labute approximate surface area is 67.6 Å². The highest BCUT2D eigenvalue weighted by Crippen LogP contribution is 2.34. The van der Waals surface area contributed by atoms with Gasteiger partial charge in [0.15, 0.2) is 5.78 Å². The average Bonchev–Trinajstić information content (AvgIpc) is 2.34. The van der Waals surface area contributed by atoms with E-state index in [1.54, 1.807) is 0 Å². The third-order valence-corrected chi connectivity index (χ3v) is 3.22. The summed E-state index contributed by atoms with van der Waals surface area (Å²) in [7, 11) is 0. The molecule has 11 heavy (non-hydrogen) atoms. The first-order valence-corrected chi connectivity index (χ1v) is 4.52. The minimum atomic E-state index is -0.0573. The van der Waals surface area contributed by atoms with Crippen molar-refractivity contribution in [1.29, 1.82) is 0 Å².